The summed E-state index contributed by atoms with van der Waals surface area (Å²) in [7, 11) is -1.91. The van der Waals surface area contributed by atoms with Crippen molar-refractivity contribution in [1.29, 1.82) is 0 Å². The summed E-state index contributed by atoms with van der Waals surface area (Å²) in [6.07, 6.45) is 2.69. The van der Waals surface area contributed by atoms with Crippen LogP contribution in [-0.4, -0.2) is 62.9 Å². The molecule has 0 radical (unpaired) electrons. The summed E-state index contributed by atoms with van der Waals surface area (Å²) >= 11 is 6.23. The summed E-state index contributed by atoms with van der Waals surface area (Å²) in [5.41, 5.74) is 0.239. The van der Waals surface area contributed by atoms with Crippen LogP contribution in [0.5, 0.6) is 5.75 Å². The third-order valence-corrected chi connectivity index (χ3v) is 7.95. The number of rotatable bonds is 9. The lowest BCUT2D eigenvalue weighted by molar-refractivity contribution is -0.120. The Bertz CT molecular complexity index is 1080. The molecule has 10 heteroatoms. The van der Waals surface area contributed by atoms with Crippen LogP contribution in [0.4, 0.5) is 10.1 Å². The number of hydrogen-bond donors (Lipinski definition) is 1. The molecule has 2 aromatic carbocycles. The zero-order chi connectivity index (χ0) is 24.0. The first-order valence-electron chi connectivity index (χ1n) is 10.9. The molecular weight excluding hydrogens is 469 g/mol. The number of anilines is 1. The summed E-state index contributed by atoms with van der Waals surface area (Å²) in [4.78, 5) is 14.6. The smallest absolute Gasteiger partial charge is 0.243 e. The van der Waals surface area contributed by atoms with Gasteiger partial charge in [-0.15, -0.1) is 0 Å². The summed E-state index contributed by atoms with van der Waals surface area (Å²) in [6, 6.07) is 9.89. The molecule has 0 aliphatic carbocycles. The lowest BCUT2D eigenvalue weighted by atomic mass is 10.2. The van der Waals surface area contributed by atoms with E-state index >= 15 is 0 Å². The highest BCUT2D eigenvalue weighted by molar-refractivity contribution is 7.89. The second kappa shape index (κ2) is 11.3. The fourth-order valence-corrected chi connectivity index (χ4v) is 5.22. The number of benzene rings is 2. The molecule has 0 saturated carbocycles. The van der Waals surface area contributed by atoms with E-state index in [1.807, 2.05) is 0 Å². The van der Waals surface area contributed by atoms with Gasteiger partial charge >= 0.3 is 0 Å². The normalized spacial score (nSPS) is 15.9. The molecule has 0 aromatic heterocycles. The number of ether oxygens (including phenoxy) is 1. The number of sulfonamides is 1. The van der Waals surface area contributed by atoms with Crippen molar-refractivity contribution in [2.75, 3.05) is 38.6 Å². The predicted octanol–water partition coefficient (Wildman–Crippen LogP) is 3.99. The third-order valence-electron chi connectivity index (χ3n) is 5.73. The van der Waals surface area contributed by atoms with Crippen LogP contribution in [0.3, 0.4) is 0 Å². The molecule has 1 atom stereocenters. The largest absolute Gasteiger partial charge is 0.489 e. The maximum Gasteiger partial charge on any atom is 0.243 e. The molecule has 33 heavy (non-hydrogen) atoms. The lowest BCUT2D eigenvalue weighted by Crippen LogP contribution is -2.41. The molecular formula is C23H29ClFN3O4S. The van der Waals surface area contributed by atoms with Crippen LogP contribution in [0.2, 0.25) is 5.02 Å². The van der Waals surface area contributed by atoms with Crippen molar-refractivity contribution in [2.45, 2.75) is 37.1 Å². The summed E-state index contributed by atoms with van der Waals surface area (Å²) in [6.45, 7) is 3.26. The van der Waals surface area contributed by atoms with Gasteiger partial charge in [0.2, 0.25) is 15.9 Å². The van der Waals surface area contributed by atoms with Crippen molar-refractivity contribution in [1.82, 2.24) is 9.21 Å². The maximum atomic E-state index is 13.7. The van der Waals surface area contributed by atoms with Crippen molar-refractivity contribution in [3.8, 4) is 5.75 Å². The first kappa shape index (κ1) is 25.4. The molecule has 1 aliphatic heterocycles. The van der Waals surface area contributed by atoms with Gasteiger partial charge in [-0.05, 0) is 57.1 Å². The molecule has 1 unspecified atom stereocenters. The lowest BCUT2D eigenvalue weighted by Gasteiger charge is -2.26. The van der Waals surface area contributed by atoms with Crippen LogP contribution in [0, 0.1) is 5.82 Å². The van der Waals surface area contributed by atoms with Crippen LogP contribution in [-0.2, 0) is 14.8 Å². The van der Waals surface area contributed by atoms with Crippen LogP contribution < -0.4 is 10.1 Å². The Kier molecular flexibility index (Phi) is 8.69. The minimum absolute atomic E-state index is 0.100. The molecule has 1 aliphatic rings. The molecule has 1 heterocycles. The van der Waals surface area contributed by atoms with Crippen LogP contribution in [0.1, 0.15) is 26.2 Å². The number of carbonyl (C=O) groups excluding carboxylic acids is 1. The Morgan fingerprint density at radius 3 is 2.61 bits per heavy atom. The molecule has 1 N–H and O–H groups in total. The van der Waals surface area contributed by atoms with Gasteiger partial charge in [-0.1, -0.05) is 30.2 Å². The molecule has 7 nitrogen and oxygen atoms in total. The van der Waals surface area contributed by atoms with E-state index in [4.69, 9.17) is 16.3 Å². The van der Waals surface area contributed by atoms with Gasteiger partial charge in [0.05, 0.1) is 21.6 Å². The summed E-state index contributed by atoms with van der Waals surface area (Å²) < 4.78 is 46.5. The van der Waals surface area contributed by atoms with Gasteiger partial charge in [-0.2, -0.15) is 4.31 Å². The van der Waals surface area contributed by atoms with Gasteiger partial charge in [0.25, 0.3) is 0 Å². The Balaban J connectivity index is 1.61. The highest BCUT2D eigenvalue weighted by atomic mass is 35.5. The number of nitrogens with zero attached hydrogens (tertiary/aromatic N) is 2. The van der Waals surface area contributed by atoms with Crippen LogP contribution >= 0.6 is 11.6 Å². The molecule has 1 saturated heterocycles. The van der Waals surface area contributed by atoms with E-state index in [1.165, 1.54) is 28.6 Å². The van der Waals surface area contributed by atoms with E-state index in [-0.39, 0.29) is 33.9 Å². The van der Waals surface area contributed by atoms with E-state index in [1.54, 1.807) is 37.1 Å². The topological polar surface area (TPSA) is 79.0 Å². The Labute approximate surface area is 199 Å². The van der Waals surface area contributed by atoms with E-state index in [0.29, 0.717) is 19.6 Å². The molecule has 1 fully saturated rings. The monoisotopic (exact) mass is 497 g/mol. The Morgan fingerprint density at radius 2 is 1.91 bits per heavy atom. The quantitative estimate of drug-likeness (QED) is 0.566. The van der Waals surface area contributed by atoms with Gasteiger partial charge in [-0.3, -0.25) is 9.69 Å². The highest BCUT2D eigenvalue weighted by Crippen LogP contribution is 2.28. The zero-order valence-electron chi connectivity index (χ0n) is 18.8. The van der Waals surface area contributed by atoms with Gasteiger partial charge in [0.1, 0.15) is 6.61 Å². The van der Waals surface area contributed by atoms with E-state index in [9.17, 15) is 17.6 Å². The Morgan fingerprint density at radius 1 is 1.21 bits per heavy atom. The van der Waals surface area contributed by atoms with Crippen LogP contribution in [0.15, 0.2) is 47.4 Å². The number of likely N-dealkylation sites (N-methyl/N-ethyl adjacent to an activating group) is 1. The van der Waals surface area contributed by atoms with Gasteiger partial charge in [-0.25, -0.2) is 12.8 Å². The van der Waals surface area contributed by atoms with Gasteiger partial charge in [0, 0.05) is 19.6 Å². The molecule has 2 aromatic rings. The number of carbonyl (C=O) groups is 1. The van der Waals surface area contributed by atoms with E-state index in [2.05, 4.69) is 5.32 Å². The van der Waals surface area contributed by atoms with E-state index in [0.717, 1.165) is 19.3 Å². The van der Waals surface area contributed by atoms with Crippen molar-refractivity contribution in [2.24, 2.45) is 0 Å². The fourth-order valence-electron chi connectivity index (χ4n) is 3.51. The van der Waals surface area contributed by atoms with Gasteiger partial charge < -0.3 is 10.1 Å². The molecule has 180 valence electrons. The van der Waals surface area contributed by atoms with Crippen molar-refractivity contribution in [3.05, 3.63) is 53.3 Å². The third kappa shape index (κ3) is 6.44. The number of amides is 1. The number of nitrogens with one attached hydrogen (secondary N) is 1. The van der Waals surface area contributed by atoms with E-state index < -0.39 is 21.9 Å². The van der Waals surface area contributed by atoms with Crippen molar-refractivity contribution < 1.29 is 22.3 Å². The highest BCUT2D eigenvalue weighted by Gasteiger charge is 2.27. The first-order valence-corrected chi connectivity index (χ1v) is 12.7. The van der Waals surface area contributed by atoms with Crippen LogP contribution in [0.25, 0.3) is 0 Å². The number of halogens is 2. The summed E-state index contributed by atoms with van der Waals surface area (Å²) in [5, 5.41) is 2.98. The van der Waals surface area contributed by atoms with Crippen molar-refractivity contribution in [3.63, 3.8) is 0 Å². The average Bonchev–Trinajstić information content (AvgIpc) is 2.81. The maximum absolute atomic E-state index is 13.7. The van der Waals surface area contributed by atoms with Gasteiger partial charge in [0.15, 0.2) is 11.6 Å². The minimum atomic E-state index is -3.65. The number of para-hydroxylation sites is 1. The van der Waals surface area contributed by atoms with Crippen molar-refractivity contribution >= 4 is 33.2 Å². The summed E-state index contributed by atoms with van der Waals surface area (Å²) in [5.74, 6) is -0.640. The SMILES string of the molecule is CC(C(=O)Nc1cc(S(=O)(=O)N2CCCCC2)ccc1Cl)N(C)CCOc1ccccc1F. The molecule has 1 amide bonds. The standard InChI is InChI=1S/C23H29ClFN3O4S/c1-17(27(2)14-15-32-22-9-5-4-8-20(22)25)23(29)26-21-16-18(10-11-19(21)24)33(30,31)28-12-6-3-7-13-28/h4-5,8-11,16-17H,3,6-7,12-15H2,1-2H3,(H,26,29). The molecule has 0 bridgehead atoms. The Hall–Kier alpha value is -2.20. The second-order valence-corrected chi connectivity index (χ2v) is 10.4. The average molecular weight is 498 g/mol. The zero-order valence-corrected chi connectivity index (χ0v) is 20.3. The minimum Gasteiger partial charge on any atom is -0.489 e. The number of hydrogen-bond acceptors (Lipinski definition) is 5. The fraction of sp³-hybridized carbons (Fsp3) is 0.435. The second-order valence-electron chi connectivity index (χ2n) is 8.03. The number of piperidine rings is 1. The predicted molar refractivity (Wildman–Crippen MR) is 127 cm³/mol. The first-order chi connectivity index (χ1) is 15.7. The molecule has 3 rings (SSSR count). The molecule has 0 spiro atoms.